The van der Waals surface area contributed by atoms with Crippen molar-refractivity contribution in [3.8, 4) is 0 Å². The fourth-order valence-corrected chi connectivity index (χ4v) is 2.36. The van der Waals surface area contributed by atoms with Gasteiger partial charge in [0.25, 0.3) is 5.91 Å². The highest BCUT2D eigenvalue weighted by Crippen LogP contribution is 2.19. The molecular weight excluding hydrogens is 352 g/mol. The van der Waals surface area contributed by atoms with Crippen molar-refractivity contribution in [1.82, 2.24) is 5.32 Å². The first-order chi connectivity index (χ1) is 12.0. The Kier molecular flexibility index (Phi) is 6.89. The molecule has 0 bridgehead atoms. The quantitative estimate of drug-likeness (QED) is 0.765. The Morgan fingerprint density at radius 1 is 1.04 bits per heavy atom. The van der Waals surface area contributed by atoms with Gasteiger partial charge in [-0.1, -0.05) is 35.9 Å². The van der Waals surface area contributed by atoms with Gasteiger partial charge in [0.1, 0.15) is 11.6 Å². The molecule has 7 heteroatoms. The molecular formula is C18H16ClF2NO3. The number of rotatable bonds is 7. The summed E-state index contributed by atoms with van der Waals surface area (Å²) in [5, 5.41) is 2.63. The second kappa shape index (κ2) is 9.13. The largest absolute Gasteiger partial charge is 0.455 e. The average molecular weight is 368 g/mol. The van der Waals surface area contributed by atoms with E-state index >= 15 is 0 Å². The van der Waals surface area contributed by atoms with E-state index in [2.05, 4.69) is 5.32 Å². The lowest BCUT2D eigenvalue weighted by molar-refractivity contribution is -0.147. The van der Waals surface area contributed by atoms with Crippen LogP contribution in [0.3, 0.4) is 0 Å². The lowest BCUT2D eigenvalue weighted by Crippen LogP contribution is -2.30. The molecule has 132 valence electrons. The zero-order chi connectivity index (χ0) is 18.2. The van der Waals surface area contributed by atoms with Gasteiger partial charge in [0.15, 0.2) is 6.61 Å². The van der Waals surface area contributed by atoms with Crippen molar-refractivity contribution in [2.45, 2.75) is 12.8 Å². The highest BCUT2D eigenvalue weighted by molar-refractivity contribution is 6.31. The second-order valence-electron chi connectivity index (χ2n) is 5.23. The van der Waals surface area contributed by atoms with Crippen molar-refractivity contribution in [1.29, 1.82) is 0 Å². The monoisotopic (exact) mass is 367 g/mol. The van der Waals surface area contributed by atoms with E-state index in [4.69, 9.17) is 16.3 Å². The lowest BCUT2D eigenvalue weighted by atomic mass is 10.1. The van der Waals surface area contributed by atoms with Crippen molar-refractivity contribution >= 4 is 23.5 Å². The summed E-state index contributed by atoms with van der Waals surface area (Å²) in [6, 6.07) is 10.3. The Bertz CT molecular complexity index is 747. The molecule has 0 saturated carbocycles. The molecule has 0 heterocycles. The van der Waals surface area contributed by atoms with Crippen molar-refractivity contribution in [2.24, 2.45) is 0 Å². The van der Waals surface area contributed by atoms with Crippen LogP contribution in [0.25, 0.3) is 0 Å². The molecule has 1 amide bonds. The van der Waals surface area contributed by atoms with Gasteiger partial charge in [-0.05, 0) is 30.2 Å². The van der Waals surface area contributed by atoms with Crippen LogP contribution < -0.4 is 5.32 Å². The van der Waals surface area contributed by atoms with Gasteiger partial charge in [-0.2, -0.15) is 0 Å². The van der Waals surface area contributed by atoms with E-state index in [-0.39, 0.29) is 29.4 Å². The molecule has 0 atom stereocenters. The van der Waals surface area contributed by atoms with Crippen LogP contribution in [0.4, 0.5) is 8.78 Å². The van der Waals surface area contributed by atoms with Crippen molar-refractivity contribution in [3.05, 3.63) is 70.2 Å². The summed E-state index contributed by atoms with van der Waals surface area (Å²) in [6.07, 6.45) is -0.0504. The summed E-state index contributed by atoms with van der Waals surface area (Å²) in [6.45, 7) is -0.293. The second-order valence-corrected chi connectivity index (χ2v) is 5.64. The van der Waals surface area contributed by atoms with Gasteiger partial charge in [-0.25, -0.2) is 8.78 Å². The molecule has 0 fully saturated rings. The van der Waals surface area contributed by atoms with Crippen LogP contribution in [0.5, 0.6) is 0 Å². The molecule has 0 aromatic heterocycles. The molecule has 0 spiro atoms. The predicted molar refractivity (Wildman–Crippen MR) is 89.2 cm³/mol. The van der Waals surface area contributed by atoms with E-state index in [1.807, 2.05) is 0 Å². The normalized spacial score (nSPS) is 10.4. The Labute approximate surface area is 148 Å². The number of esters is 1. The number of ether oxygens (including phenoxy) is 1. The smallest absolute Gasteiger partial charge is 0.310 e. The molecule has 0 unspecified atom stereocenters. The number of amides is 1. The standard InChI is InChI=1S/C18H16ClF2NO3/c19-14-5-3-7-16(21)13(14)10-18(24)25-11-17(23)22-9-8-12-4-1-2-6-15(12)20/h1-7H,8-11H2,(H,22,23). The summed E-state index contributed by atoms with van der Waals surface area (Å²) >= 11 is 5.82. The van der Waals surface area contributed by atoms with Crippen LogP contribution in [0.2, 0.25) is 5.02 Å². The lowest BCUT2D eigenvalue weighted by Gasteiger charge is -2.08. The first-order valence-corrected chi connectivity index (χ1v) is 7.94. The highest BCUT2D eigenvalue weighted by atomic mass is 35.5. The molecule has 4 nitrogen and oxygen atoms in total. The molecule has 0 aliphatic heterocycles. The fourth-order valence-electron chi connectivity index (χ4n) is 2.13. The summed E-state index contributed by atoms with van der Waals surface area (Å²) in [5.74, 6) is -2.25. The minimum Gasteiger partial charge on any atom is -0.455 e. The Morgan fingerprint density at radius 3 is 2.48 bits per heavy atom. The molecule has 2 aromatic rings. The van der Waals surface area contributed by atoms with E-state index in [1.54, 1.807) is 18.2 Å². The maximum atomic E-state index is 13.6. The summed E-state index contributed by atoms with van der Waals surface area (Å²) in [7, 11) is 0. The van der Waals surface area contributed by atoms with Crippen LogP contribution >= 0.6 is 11.6 Å². The maximum absolute atomic E-state index is 13.6. The highest BCUT2D eigenvalue weighted by Gasteiger charge is 2.14. The first kappa shape index (κ1) is 18.9. The molecule has 1 N–H and O–H groups in total. The maximum Gasteiger partial charge on any atom is 0.310 e. The summed E-state index contributed by atoms with van der Waals surface area (Å²) in [5.41, 5.74) is 0.503. The van der Waals surface area contributed by atoms with Crippen LogP contribution in [-0.4, -0.2) is 25.0 Å². The predicted octanol–water partition coefficient (Wildman–Crippen LogP) is 3.06. The molecule has 0 aliphatic rings. The van der Waals surface area contributed by atoms with Crippen molar-refractivity contribution < 1.29 is 23.1 Å². The summed E-state index contributed by atoms with van der Waals surface area (Å²) < 4.78 is 31.8. The van der Waals surface area contributed by atoms with E-state index < -0.39 is 24.3 Å². The molecule has 0 radical (unpaired) electrons. The van der Waals surface area contributed by atoms with Gasteiger partial charge >= 0.3 is 5.97 Å². The Morgan fingerprint density at radius 2 is 1.76 bits per heavy atom. The first-order valence-electron chi connectivity index (χ1n) is 7.56. The third-order valence-corrected chi connectivity index (χ3v) is 3.78. The fraction of sp³-hybridized carbons (Fsp3) is 0.222. The molecule has 0 aliphatic carbocycles. The Balaban J connectivity index is 1.73. The number of benzene rings is 2. The number of hydrogen-bond donors (Lipinski definition) is 1. The number of carbonyl (C=O) groups excluding carboxylic acids is 2. The minimum absolute atomic E-state index is 0.0223. The zero-order valence-electron chi connectivity index (χ0n) is 13.2. The van der Waals surface area contributed by atoms with Gasteiger partial charge in [0, 0.05) is 17.1 Å². The number of hydrogen-bond acceptors (Lipinski definition) is 3. The summed E-state index contributed by atoms with van der Waals surface area (Å²) in [4.78, 5) is 23.3. The molecule has 2 aromatic carbocycles. The van der Waals surface area contributed by atoms with Crippen LogP contribution in [0.1, 0.15) is 11.1 Å². The minimum atomic E-state index is -0.767. The average Bonchev–Trinajstić information content (AvgIpc) is 2.58. The van der Waals surface area contributed by atoms with E-state index in [0.717, 1.165) is 0 Å². The molecule has 2 rings (SSSR count). The Hall–Kier alpha value is -2.47. The number of halogens is 3. The number of nitrogens with one attached hydrogen (secondary N) is 1. The van der Waals surface area contributed by atoms with E-state index in [0.29, 0.717) is 12.0 Å². The number of carbonyl (C=O) groups is 2. The van der Waals surface area contributed by atoms with Crippen LogP contribution in [0.15, 0.2) is 42.5 Å². The van der Waals surface area contributed by atoms with Crippen LogP contribution in [0, 0.1) is 11.6 Å². The van der Waals surface area contributed by atoms with Gasteiger partial charge < -0.3 is 10.1 Å². The van der Waals surface area contributed by atoms with E-state index in [9.17, 15) is 18.4 Å². The van der Waals surface area contributed by atoms with Gasteiger partial charge in [-0.3, -0.25) is 9.59 Å². The van der Waals surface area contributed by atoms with E-state index in [1.165, 1.54) is 24.3 Å². The van der Waals surface area contributed by atoms with Gasteiger partial charge in [0.2, 0.25) is 0 Å². The SMILES string of the molecule is O=C(COC(=O)Cc1c(F)cccc1Cl)NCCc1ccccc1F. The third kappa shape index (κ3) is 5.83. The zero-order valence-corrected chi connectivity index (χ0v) is 14.0. The van der Waals surface area contributed by atoms with Crippen LogP contribution in [-0.2, 0) is 27.2 Å². The third-order valence-electron chi connectivity index (χ3n) is 3.42. The topological polar surface area (TPSA) is 55.4 Å². The van der Waals surface area contributed by atoms with Crippen molar-refractivity contribution in [3.63, 3.8) is 0 Å². The van der Waals surface area contributed by atoms with Crippen molar-refractivity contribution in [2.75, 3.05) is 13.2 Å². The molecule has 25 heavy (non-hydrogen) atoms. The van der Waals surface area contributed by atoms with Gasteiger partial charge in [0.05, 0.1) is 6.42 Å². The van der Waals surface area contributed by atoms with Gasteiger partial charge in [-0.15, -0.1) is 0 Å². The molecule has 0 saturated heterocycles.